The average molecular weight is 307 g/mol. The van der Waals surface area contributed by atoms with E-state index in [-0.39, 0.29) is 16.9 Å². The molecular weight excluding hydrogens is 290 g/mol. The van der Waals surface area contributed by atoms with Crippen LogP contribution >= 0.6 is 0 Å². The highest BCUT2D eigenvalue weighted by atomic mass is 16.4. The van der Waals surface area contributed by atoms with Crippen LogP contribution in [0.4, 0.5) is 5.69 Å². The minimum atomic E-state index is -0.952. The molecule has 1 amide bonds. The van der Waals surface area contributed by atoms with Crippen LogP contribution in [-0.4, -0.2) is 17.0 Å². The van der Waals surface area contributed by atoms with Crippen LogP contribution in [0, 0.1) is 5.92 Å². The van der Waals surface area contributed by atoms with Gasteiger partial charge in [0.15, 0.2) is 0 Å². The number of rotatable bonds is 3. The molecule has 1 aliphatic heterocycles. The van der Waals surface area contributed by atoms with Gasteiger partial charge in [-0.25, -0.2) is 4.79 Å². The van der Waals surface area contributed by atoms with Crippen LogP contribution in [0.2, 0.25) is 0 Å². The van der Waals surface area contributed by atoms with E-state index in [9.17, 15) is 9.59 Å². The monoisotopic (exact) mass is 307 g/mol. The third kappa shape index (κ3) is 1.91. The first-order valence-corrected chi connectivity index (χ1v) is 7.78. The summed E-state index contributed by atoms with van der Waals surface area (Å²) in [7, 11) is 0. The van der Waals surface area contributed by atoms with Crippen molar-refractivity contribution in [3.63, 3.8) is 0 Å². The molecule has 0 saturated heterocycles. The summed E-state index contributed by atoms with van der Waals surface area (Å²) < 4.78 is 0. The molecule has 1 N–H and O–H groups in total. The molecule has 1 fully saturated rings. The number of carboxylic acid groups (broad SMARTS) is 1. The zero-order chi connectivity index (χ0) is 16.2. The standard InChI is InChI=1S/C19H17NO3/c1-12-10-19(12)15-7-2-3-8-16(15)20(18(19)23)11-13-5-4-6-14(9-13)17(21)22/h2-9,12H,10-11H2,1H3,(H,21,22)/t12?,19-/m1/s1. The second kappa shape index (κ2) is 4.69. The molecular formula is C19H17NO3. The maximum atomic E-state index is 13.0. The number of anilines is 1. The Morgan fingerprint density at radius 1 is 1.26 bits per heavy atom. The Labute approximate surface area is 134 Å². The van der Waals surface area contributed by atoms with Gasteiger partial charge in [0, 0.05) is 5.69 Å². The van der Waals surface area contributed by atoms with Crippen LogP contribution in [0.15, 0.2) is 48.5 Å². The number of hydrogen-bond acceptors (Lipinski definition) is 2. The zero-order valence-electron chi connectivity index (χ0n) is 12.8. The molecule has 2 aromatic rings. The summed E-state index contributed by atoms with van der Waals surface area (Å²) >= 11 is 0. The lowest BCUT2D eigenvalue weighted by molar-refractivity contribution is -0.120. The fourth-order valence-electron chi connectivity index (χ4n) is 3.79. The summed E-state index contributed by atoms with van der Waals surface area (Å²) in [5.41, 5.74) is 2.81. The molecule has 0 radical (unpaired) electrons. The lowest BCUT2D eigenvalue weighted by Crippen LogP contribution is -2.32. The lowest BCUT2D eigenvalue weighted by atomic mass is 9.95. The number of carbonyl (C=O) groups is 2. The van der Waals surface area contributed by atoms with Crippen LogP contribution in [0.3, 0.4) is 0 Å². The van der Waals surface area contributed by atoms with Gasteiger partial charge in [0.05, 0.1) is 17.5 Å². The number of fused-ring (bicyclic) bond motifs is 2. The van der Waals surface area contributed by atoms with E-state index in [0.717, 1.165) is 23.2 Å². The summed E-state index contributed by atoms with van der Waals surface area (Å²) in [6.07, 6.45) is 0.897. The number of aromatic carboxylic acids is 1. The second-order valence-electron chi connectivity index (χ2n) is 6.49. The number of carbonyl (C=O) groups excluding carboxylic acids is 1. The number of benzene rings is 2. The molecule has 4 rings (SSSR count). The van der Waals surface area contributed by atoms with Crippen LogP contribution < -0.4 is 4.90 Å². The van der Waals surface area contributed by atoms with Crippen LogP contribution in [-0.2, 0) is 16.8 Å². The topological polar surface area (TPSA) is 57.6 Å². The molecule has 23 heavy (non-hydrogen) atoms. The number of amides is 1. The molecule has 2 atom stereocenters. The largest absolute Gasteiger partial charge is 0.478 e. The highest BCUT2D eigenvalue weighted by Crippen LogP contribution is 2.61. The highest BCUT2D eigenvalue weighted by molar-refractivity contribution is 6.10. The van der Waals surface area contributed by atoms with Crippen molar-refractivity contribution in [2.24, 2.45) is 5.92 Å². The molecule has 116 valence electrons. The molecule has 2 aliphatic rings. The minimum Gasteiger partial charge on any atom is -0.478 e. The van der Waals surface area contributed by atoms with Crippen molar-refractivity contribution in [2.75, 3.05) is 4.90 Å². The van der Waals surface area contributed by atoms with Crippen molar-refractivity contribution in [3.8, 4) is 0 Å². The first kappa shape index (κ1) is 14.0. The minimum absolute atomic E-state index is 0.145. The maximum Gasteiger partial charge on any atom is 0.335 e. The third-order valence-corrected chi connectivity index (χ3v) is 5.13. The summed E-state index contributed by atoms with van der Waals surface area (Å²) in [4.78, 5) is 25.9. The van der Waals surface area contributed by atoms with E-state index in [0.29, 0.717) is 12.5 Å². The first-order valence-electron chi connectivity index (χ1n) is 7.78. The van der Waals surface area contributed by atoms with E-state index in [1.165, 1.54) is 0 Å². The van der Waals surface area contributed by atoms with Gasteiger partial charge in [-0.2, -0.15) is 0 Å². The number of nitrogens with zero attached hydrogens (tertiary/aromatic N) is 1. The Bertz CT molecular complexity index is 829. The van der Waals surface area contributed by atoms with Gasteiger partial charge in [0.2, 0.25) is 5.91 Å². The van der Waals surface area contributed by atoms with Gasteiger partial charge < -0.3 is 10.0 Å². The van der Waals surface area contributed by atoms with E-state index < -0.39 is 5.97 Å². The molecule has 4 heteroatoms. The third-order valence-electron chi connectivity index (χ3n) is 5.13. The van der Waals surface area contributed by atoms with E-state index >= 15 is 0 Å². The van der Waals surface area contributed by atoms with Crippen LogP contribution in [0.5, 0.6) is 0 Å². The molecule has 1 aliphatic carbocycles. The van der Waals surface area contributed by atoms with Crippen LogP contribution in [0.1, 0.15) is 34.8 Å². The van der Waals surface area contributed by atoms with Gasteiger partial charge >= 0.3 is 5.97 Å². The summed E-state index contributed by atoms with van der Waals surface area (Å²) in [5.74, 6) is -0.439. The maximum absolute atomic E-state index is 13.0. The summed E-state index contributed by atoms with van der Waals surface area (Å²) in [5, 5.41) is 9.13. The average Bonchev–Trinajstić information content (AvgIpc) is 3.18. The number of para-hydroxylation sites is 1. The Kier molecular flexibility index (Phi) is 2.85. The smallest absolute Gasteiger partial charge is 0.335 e. The van der Waals surface area contributed by atoms with Gasteiger partial charge in [-0.15, -0.1) is 0 Å². The quantitative estimate of drug-likeness (QED) is 0.947. The van der Waals surface area contributed by atoms with Crippen molar-refractivity contribution in [1.29, 1.82) is 0 Å². The second-order valence-corrected chi connectivity index (χ2v) is 6.49. The predicted molar refractivity (Wildman–Crippen MR) is 86.5 cm³/mol. The van der Waals surface area contributed by atoms with E-state index in [1.807, 2.05) is 30.3 Å². The molecule has 1 heterocycles. The zero-order valence-corrected chi connectivity index (χ0v) is 12.8. The number of hydrogen-bond donors (Lipinski definition) is 1. The molecule has 1 spiro atoms. The molecule has 0 bridgehead atoms. The van der Waals surface area contributed by atoms with Gasteiger partial charge in [-0.05, 0) is 41.7 Å². The molecule has 0 aromatic heterocycles. The highest BCUT2D eigenvalue weighted by Gasteiger charge is 2.64. The normalized spacial score (nSPS) is 24.8. The van der Waals surface area contributed by atoms with E-state index in [2.05, 4.69) is 6.92 Å². The molecule has 1 unspecified atom stereocenters. The molecule has 2 aromatic carbocycles. The van der Waals surface area contributed by atoms with Crippen molar-refractivity contribution in [3.05, 3.63) is 65.2 Å². The number of carboxylic acids is 1. The van der Waals surface area contributed by atoms with E-state index in [1.54, 1.807) is 23.1 Å². The van der Waals surface area contributed by atoms with Gasteiger partial charge in [-0.1, -0.05) is 37.3 Å². The first-order chi connectivity index (χ1) is 11.0. The van der Waals surface area contributed by atoms with Gasteiger partial charge in [0.1, 0.15) is 0 Å². The van der Waals surface area contributed by atoms with Gasteiger partial charge in [-0.3, -0.25) is 4.79 Å². The fraction of sp³-hybridized carbons (Fsp3) is 0.263. The lowest BCUT2D eigenvalue weighted by Gasteiger charge is -2.18. The Hall–Kier alpha value is -2.62. The van der Waals surface area contributed by atoms with Crippen molar-refractivity contribution in [1.82, 2.24) is 0 Å². The molecule has 4 nitrogen and oxygen atoms in total. The van der Waals surface area contributed by atoms with Crippen molar-refractivity contribution < 1.29 is 14.7 Å². The van der Waals surface area contributed by atoms with Crippen LogP contribution in [0.25, 0.3) is 0 Å². The Morgan fingerprint density at radius 2 is 2.00 bits per heavy atom. The summed E-state index contributed by atoms with van der Waals surface area (Å²) in [6.45, 7) is 2.52. The summed E-state index contributed by atoms with van der Waals surface area (Å²) in [6, 6.07) is 14.7. The van der Waals surface area contributed by atoms with Crippen molar-refractivity contribution in [2.45, 2.75) is 25.3 Å². The predicted octanol–water partition coefficient (Wildman–Crippen LogP) is 3.21. The fourth-order valence-corrected chi connectivity index (χ4v) is 3.79. The molecule has 1 saturated carbocycles. The van der Waals surface area contributed by atoms with Gasteiger partial charge in [0.25, 0.3) is 0 Å². The SMILES string of the molecule is CC1C[C@@]12C(=O)N(Cc1cccc(C(=O)O)c1)c1ccccc12. The Balaban J connectivity index is 1.72. The van der Waals surface area contributed by atoms with Crippen molar-refractivity contribution >= 4 is 17.6 Å². The van der Waals surface area contributed by atoms with E-state index in [4.69, 9.17) is 5.11 Å². The Morgan fingerprint density at radius 3 is 2.70 bits per heavy atom.